The third-order valence-electron chi connectivity index (χ3n) is 10.0. The first-order valence-corrected chi connectivity index (χ1v) is 12.5. The normalized spacial score (nSPS) is 47.2. The molecule has 2 unspecified atom stereocenters. The van der Waals surface area contributed by atoms with Gasteiger partial charge in [-0.05, 0) is 82.1 Å². The minimum absolute atomic E-state index is 0.116. The maximum atomic E-state index is 13.4. The van der Waals surface area contributed by atoms with E-state index in [1.807, 2.05) is 43.3 Å². The Labute approximate surface area is 190 Å². The van der Waals surface area contributed by atoms with Crippen LogP contribution in [0.25, 0.3) is 0 Å². The van der Waals surface area contributed by atoms with Gasteiger partial charge in [0.1, 0.15) is 0 Å². The number of ketones is 2. The van der Waals surface area contributed by atoms with Crippen molar-refractivity contribution in [1.82, 2.24) is 0 Å². The Morgan fingerprint density at radius 2 is 1.81 bits per heavy atom. The molecular weight excluding hydrogens is 400 g/mol. The van der Waals surface area contributed by atoms with Crippen LogP contribution in [0.1, 0.15) is 71.3 Å². The Bertz CT molecular complexity index is 998. The largest absolute Gasteiger partial charge is 0.339 e. The van der Waals surface area contributed by atoms with E-state index in [2.05, 4.69) is 6.92 Å². The summed E-state index contributed by atoms with van der Waals surface area (Å²) in [6, 6.07) is 10.1. The molecule has 4 fully saturated rings. The van der Waals surface area contributed by atoms with Gasteiger partial charge in [-0.2, -0.15) is 0 Å². The Kier molecular flexibility index (Phi) is 4.46. The van der Waals surface area contributed by atoms with Crippen LogP contribution in [-0.4, -0.2) is 23.3 Å². The number of ether oxygens (including phenoxy) is 2. The molecule has 3 saturated carbocycles. The molecule has 0 bridgehead atoms. The van der Waals surface area contributed by atoms with Gasteiger partial charge in [0.05, 0.1) is 6.10 Å². The van der Waals surface area contributed by atoms with Crippen LogP contribution in [0, 0.1) is 29.1 Å². The zero-order valence-corrected chi connectivity index (χ0v) is 19.4. The Morgan fingerprint density at radius 1 is 1.03 bits per heavy atom. The molecule has 32 heavy (non-hydrogen) atoms. The molecule has 4 aliphatic carbocycles. The van der Waals surface area contributed by atoms with E-state index in [1.54, 1.807) is 6.92 Å². The van der Waals surface area contributed by atoms with Crippen molar-refractivity contribution in [2.45, 2.75) is 83.2 Å². The first kappa shape index (κ1) is 20.8. The summed E-state index contributed by atoms with van der Waals surface area (Å²) in [5.41, 5.74) is 1.27. The lowest BCUT2D eigenvalue weighted by molar-refractivity contribution is -0.226. The van der Waals surface area contributed by atoms with Crippen LogP contribution < -0.4 is 0 Å². The van der Waals surface area contributed by atoms with Crippen LogP contribution in [0.3, 0.4) is 0 Å². The molecule has 5 aliphatic rings. The average molecular weight is 435 g/mol. The predicted octanol–water partition coefficient (Wildman–Crippen LogP) is 5.35. The zero-order valence-electron chi connectivity index (χ0n) is 19.4. The molecule has 0 radical (unpaired) electrons. The van der Waals surface area contributed by atoms with Crippen molar-refractivity contribution in [3.8, 4) is 0 Å². The molecule has 4 heteroatoms. The first-order chi connectivity index (χ1) is 15.3. The number of fused-ring (bicyclic) bond motifs is 7. The summed E-state index contributed by atoms with van der Waals surface area (Å²) in [7, 11) is 0. The van der Waals surface area contributed by atoms with Crippen molar-refractivity contribution in [1.29, 1.82) is 0 Å². The lowest BCUT2D eigenvalue weighted by Crippen LogP contribution is -2.59. The van der Waals surface area contributed by atoms with E-state index < -0.39 is 11.4 Å². The molecule has 1 aromatic rings. The highest BCUT2D eigenvalue weighted by Crippen LogP contribution is 2.69. The molecule has 0 aromatic heterocycles. The number of carbonyl (C=O) groups excluding carboxylic acids is 2. The molecule has 1 aliphatic heterocycles. The molecule has 8 atom stereocenters. The van der Waals surface area contributed by atoms with Gasteiger partial charge < -0.3 is 9.47 Å². The standard InChI is InChI=1S/C28H34O4/c1-17(29)28-25(31-27(3,32-28)19-7-5-4-6-8-19)16-24-23-11-9-18-15-20(30)10-12-21(18)22(23)13-14-26(24,28)2/h4-8,15,21-25H,9-14,16H2,1-3H3/t21-,22+,23+,24-,25+,26-,27?,28?/m0/s1. The van der Waals surface area contributed by atoms with E-state index in [0.717, 1.165) is 44.1 Å². The highest BCUT2D eigenvalue weighted by atomic mass is 16.8. The van der Waals surface area contributed by atoms with Crippen LogP contribution in [0.5, 0.6) is 0 Å². The molecule has 1 aromatic carbocycles. The molecule has 6 rings (SSSR count). The minimum Gasteiger partial charge on any atom is -0.339 e. The number of benzene rings is 1. The Balaban J connectivity index is 1.36. The second kappa shape index (κ2) is 6.87. The minimum atomic E-state index is -0.894. The number of Topliss-reactive ketones (excluding diaryl/α,β-unsaturated/α-hetero) is 1. The molecule has 0 N–H and O–H groups in total. The van der Waals surface area contributed by atoms with Gasteiger partial charge in [-0.25, -0.2) is 0 Å². The summed E-state index contributed by atoms with van der Waals surface area (Å²) in [6.07, 6.45) is 8.60. The highest BCUT2D eigenvalue weighted by Gasteiger charge is 2.75. The lowest BCUT2D eigenvalue weighted by Gasteiger charge is -2.55. The summed E-state index contributed by atoms with van der Waals surface area (Å²) < 4.78 is 13.5. The molecule has 0 spiro atoms. The van der Waals surface area contributed by atoms with Gasteiger partial charge in [-0.15, -0.1) is 0 Å². The van der Waals surface area contributed by atoms with Crippen LogP contribution in [-0.2, 0) is 24.8 Å². The van der Waals surface area contributed by atoms with Crippen molar-refractivity contribution >= 4 is 11.6 Å². The topological polar surface area (TPSA) is 52.6 Å². The molecule has 170 valence electrons. The second-order valence-electron chi connectivity index (χ2n) is 11.3. The summed E-state index contributed by atoms with van der Waals surface area (Å²) in [5, 5.41) is 0. The van der Waals surface area contributed by atoms with Crippen molar-refractivity contribution in [3.63, 3.8) is 0 Å². The summed E-state index contributed by atoms with van der Waals surface area (Å²) in [5.74, 6) is 1.73. The van der Waals surface area contributed by atoms with Crippen molar-refractivity contribution < 1.29 is 19.1 Å². The maximum Gasteiger partial charge on any atom is 0.193 e. The number of hydrogen-bond acceptors (Lipinski definition) is 4. The van der Waals surface area contributed by atoms with E-state index in [0.29, 0.717) is 35.9 Å². The number of allylic oxidation sites excluding steroid dienone is 1. The third kappa shape index (κ3) is 2.57. The number of hydrogen-bond donors (Lipinski definition) is 0. The quantitative estimate of drug-likeness (QED) is 0.629. The van der Waals surface area contributed by atoms with Gasteiger partial charge >= 0.3 is 0 Å². The van der Waals surface area contributed by atoms with E-state index in [9.17, 15) is 9.59 Å². The Morgan fingerprint density at radius 3 is 2.56 bits per heavy atom. The van der Waals surface area contributed by atoms with Crippen molar-refractivity contribution in [2.75, 3.05) is 0 Å². The Hall–Kier alpha value is -1.78. The highest BCUT2D eigenvalue weighted by molar-refractivity contribution is 5.91. The van der Waals surface area contributed by atoms with Gasteiger partial charge in [-0.1, -0.05) is 42.8 Å². The van der Waals surface area contributed by atoms with Crippen LogP contribution in [0.2, 0.25) is 0 Å². The second-order valence-corrected chi connectivity index (χ2v) is 11.3. The third-order valence-corrected chi connectivity index (χ3v) is 10.0. The molecule has 1 saturated heterocycles. The van der Waals surface area contributed by atoms with Gasteiger partial charge in [-0.3, -0.25) is 9.59 Å². The summed E-state index contributed by atoms with van der Waals surface area (Å²) in [4.78, 5) is 25.4. The lowest BCUT2D eigenvalue weighted by atomic mass is 9.50. The molecule has 0 amide bonds. The molecular formula is C28H34O4. The SMILES string of the molecule is CC(=O)C12OC(C)(c3ccccc3)O[C@@H]1C[C@H]1[C@@H]3CCC4=CC(=O)CC[C@@H]4[C@H]3CC[C@@]12C. The molecule has 4 nitrogen and oxygen atoms in total. The summed E-state index contributed by atoms with van der Waals surface area (Å²) in [6.45, 7) is 6.00. The van der Waals surface area contributed by atoms with Crippen molar-refractivity contribution in [3.05, 3.63) is 47.5 Å². The average Bonchev–Trinajstić information content (AvgIpc) is 3.23. The van der Waals surface area contributed by atoms with E-state index in [1.165, 1.54) is 5.57 Å². The molecule has 1 heterocycles. The fourth-order valence-corrected chi connectivity index (χ4v) is 8.65. The van der Waals surface area contributed by atoms with E-state index >= 15 is 0 Å². The number of carbonyl (C=O) groups is 2. The van der Waals surface area contributed by atoms with Crippen LogP contribution >= 0.6 is 0 Å². The fraction of sp³-hybridized carbons (Fsp3) is 0.643. The van der Waals surface area contributed by atoms with Crippen LogP contribution in [0.15, 0.2) is 42.0 Å². The van der Waals surface area contributed by atoms with Gasteiger partial charge in [0.25, 0.3) is 0 Å². The van der Waals surface area contributed by atoms with Crippen molar-refractivity contribution in [2.24, 2.45) is 29.1 Å². The maximum absolute atomic E-state index is 13.4. The van der Waals surface area contributed by atoms with E-state index in [4.69, 9.17) is 9.47 Å². The number of rotatable bonds is 2. The zero-order chi connectivity index (χ0) is 22.3. The van der Waals surface area contributed by atoms with E-state index in [-0.39, 0.29) is 17.3 Å². The summed E-state index contributed by atoms with van der Waals surface area (Å²) >= 11 is 0. The monoisotopic (exact) mass is 434 g/mol. The van der Waals surface area contributed by atoms with Crippen LogP contribution in [0.4, 0.5) is 0 Å². The first-order valence-electron chi connectivity index (χ1n) is 12.5. The predicted molar refractivity (Wildman–Crippen MR) is 121 cm³/mol. The van der Waals surface area contributed by atoms with Gasteiger partial charge in [0, 0.05) is 17.4 Å². The van der Waals surface area contributed by atoms with Gasteiger partial charge in [0.15, 0.2) is 23.0 Å². The van der Waals surface area contributed by atoms with Gasteiger partial charge in [0.2, 0.25) is 0 Å². The smallest absolute Gasteiger partial charge is 0.193 e. The fourth-order valence-electron chi connectivity index (χ4n) is 8.65.